The van der Waals surface area contributed by atoms with Gasteiger partial charge in [-0.2, -0.15) is 0 Å². The minimum absolute atomic E-state index is 0.191. The molecule has 0 amide bonds. The molecule has 0 aliphatic carbocycles. The van der Waals surface area contributed by atoms with Gasteiger partial charge in [0.25, 0.3) is 0 Å². The third kappa shape index (κ3) is 1.85. The Morgan fingerprint density at radius 2 is 2.36 bits per heavy atom. The second-order valence-corrected chi connectivity index (χ2v) is 3.92. The third-order valence-corrected chi connectivity index (χ3v) is 2.73. The molecule has 1 unspecified atom stereocenters. The highest BCUT2D eigenvalue weighted by molar-refractivity contribution is 5.98. The first kappa shape index (κ1) is 9.41. The summed E-state index contributed by atoms with van der Waals surface area (Å²) in [6.07, 6.45) is 0.979. The summed E-state index contributed by atoms with van der Waals surface area (Å²) in [6, 6.07) is 7.85. The first-order valence-electron chi connectivity index (χ1n) is 5.09. The summed E-state index contributed by atoms with van der Waals surface area (Å²) in [6.45, 7) is 3.83. The summed E-state index contributed by atoms with van der Waals surface area (Å²) in [5, 5.41) is 3.22. The zero-order valence-corrected chi connectivity index (χ0v) is 8.42. The normalized spacial score (nSPS) is 21.1. The largest absolute Gasteiger partial charge is 0.316 e. The molecule has 1 aliphatic heterocycles. The Hall–Kier alpha value is -1.15. The van der Waals surface area contributed by atoms with Crippen LogP contribution in [0.15, 0.2) is 24.3 Å². The van der Waals surface area contributed by atoms with Gasteiger partial charge in [-0.15, -0.1) is 0 Å². The fourth-order valence-electron chi connectivity index (χ4n) is 1.91. The Labute approximate surface area is 84.3 Å². The fraction of sp³-hybridized carbons (Fsp3) is 0.417. The molecule has 1 fully saturated rings. The van der Waals surface area contributed by atoms with E-state index >= 15 is 0 Å². The van der Waals surface area contributed by atoms with Crippen LogP contribution in [0.2, 0.25) is 0 Å². The number of nitrogens with one attached hydrogen (secondary N) is 1. The smallest absolute Gasteiger partial charge is 0.167 e. The lowest BCUT2D eigenvalue weighted by Gasteiger charge is -2.07. The van der Waals surface area contributed by atoms with Crippen molar-refractivity contribution in [2.45, 2.75) is 13.3 Å². The van der Waals surface area contributed by atoms with Crippen molar-refractivity contribution in [3.63, 3.8) is 0 Å². The first-order valence-corrected chi connectivity index (χ1v) is 5.09. The van der Waals surface area contributed by atoms with Gasteiger partial charge in [-0.25, -0.2) is 0 Å². The van der Waals surface area contributed by atoms with Gasteiger partial charge in [0, 0.05) is 18.0 Å². The number of hydrogen-bond acceptors (Lipinski definition) is 2. The highest BCUT2D eigenvalue weighted by atomic mass is 16.1. The van der Waals surface area contributed by atoms with E-state index < -0.39 is 0 Å². The topological polar surface area (TPSA) is 29.1 Å². The van der Waals surface area contributed by atoms with Crippen LogP contribution in [0.1, 0.15) is 22.3 Å². The van der Waals surface area contributed by atoms with Gasteiger partial charge in [0.2, 0.25) is 0 Å². The molecule has 0 spiro atoms. The predicted octanol–water partition coefficient (Wildman–Crippen LogP) is 1.79. The number of benzene rings is 1. The quantitative estimate of drug-likeness (QED) is 0.719. The van der Waals surface area contributed by atoms with E-state index in [1.54, 1.807) is 0 Å². The molecule has 2 rings (SSSR count). The number of hydrogen-bond donors (Lipinski definition) is 1. The second-order valence-electron chi connectivity index (χ2n) is 3.92. The van der Waals surface area contributed by atoms with Crippen molar-refractivity contribution in [3.05, 3.63) is 35.4 Å². The molecule has 1 N–H and O–H groups in total. The maximum absolute atomic E-state index is 12.0. The van der Waals surface area contributed by atoms with Crippen LogP contribution < -0.4 is 5.32 Å². The van der Waals surface area contributed by atoms with Gasteiger partial charge in [-0.3, -0.25) is 4.79 Å². The van der Waals surface area contributed by atoms with Crippen molar-refractivity contribution in [1.29, 1.82) is 0 Å². The zero-order chi connectivity index (χ0) is 9.97. The van der Waals surface area contributed by atoms with Crippen LogP contribution in [-0.2, 0) is 0 Å². The molecule has 0 aromatic heterocycles. The van der Waals surface area contributed by atoms with Crippen LogP contribution in [0.5, 0.6) is 0 Å². The van der Waals surface area contributed by atoms with Crippen molar-refractivity contribution < 1.29 is 4.79 Å². The van der Waals surface area contributed by atoms with Gasteiger partial charge in [0.05, 0.1) is 0 Å². The van der Waals surface area contributed by atoms with Crippen LogP contribution in [0.4, 0.5) is 0 Å². The van der Waals surface area contributed by atoms with E-state index in [2.05, 4.69) is 5.32 Å². The van der Waals surface area contributed by atoms with Gasteiger partial charge in [-0.1, -0.05) is 23.8 Å². The van der Waals surface area contributed by atoms with E-state index in [4.69, 9.17) is 0 Å². The molecule has 14 heavy (non-hydrogen) atoms. The average Bonchev–Trinajstić information content (AvgIpc) is 2.69. The summed E-state index contributed by atoms with van der Waals surface area (Å²) in [5.41, 5.74) is 2.01. The molecule has 1 atom stereocenters. The van der Waals surface area contributed by atoms with E-state index in [-0.39, 0.29) is 5.92 Å². The average molecular weight is 189 g/mol. The number of ketones is 1. The molecule has 74 valence electrons. The van der Waals surface area contributed by atoms with Crippen molar-refractivity contribution in [2.75, 3.05) is 13.1 Å². The van der Waals surface area contributed by atoms with Crippen LogP contribution in [0, 0.1) is 12.8 Å². The third-order valence-electron chi connectivity index (χ3n) is 2.73. The molecule has 1 saturated heterocycles. The minimum atomic E-state index is 0.191. The van der Waals surface area contributed by atoms with Gasteiger partial charge in [0.15, 0.2) is 5.78 Å². The lowest BCUT2D eigenvalue weighted by Crippen LogP contribution is -2.17. The molecule has 1 aromatic rings. The molecule has 0 radical (unpaired) electrons. The first-order chi connectivity index (χ1) is 6.77. The van der Waals surface area contributed by atoms with E-state index in [0.717, 1.165) is 30.6 Å². The van der Waals surface area contributed by atoms with Crippen molar-refractivity contribution >= 4 is 5.78 Å². The van der Waals surface area contributed by atoms with Crippen molar-refractivity contribution in [2.24, 2.45) is 5.92 Å². The molecule has 0 saturated carbocycles. The minimum Gasteiger partial charge on any atom is -0.316 e. The second kappa shape index (κ2) is 3.93. The standard InChI is InChI=1S/C12H15NO/c1-9-3-2-4-10(7-9)12(14)11-5-6-13-8-11/h2-4,7,11,13H,5-6,8H2,1H3. The molecule has 1 aromatic carbocycles. The van der Waals surface area contributed by atoms with Gasteiger partial charge >= 0.3 is 0 Å². The van der Waals surface area contributed by atoms with E-state index in [1.165, 1.54) is 0 Å². The fourth-order valence-corrected chi connectivity index (χ4v) is 1.91. The lowest BCUT2D eigenvalue weighted by atomic mass is 9.96. The zero-order valence-electron chi connectivity index (χ0n) is 8.42. The Kier molecular flexibility index (Phi) is 2.64. The number of carbonyl (C=O) groups excluding carboxylic acids is 1. The van der Waals surface area contributed by atoms with E-state index in [9.17, 15) is 4.79 Å². The summed E-state index contributed by atoms with van der Waals surface area (Å²) >= 11 is 0. The molecular formula is C12H15NO. The molecular weight excluding hydrogens is 174 g/mol. The van der Waals surface area contributed by atoms with Crippen LogP contribution >= 0.6 is 0 Å². The van der Waals surface area contributed by atoms with E-state index in [1.807, 2.05) is 31.2 Å². The summed E-state index contributed by atoms with van der Waals surface area (Å²) in [4.78, 5) is 12.0. The molecule has 0 bridgehead atoms. The maximum atomic E-state index is 12.0. The number of aryl methyl sites for hydroxylation is 1. The highest BCUT2D eigenvalue weighted by Gasteiger charge is 2.23. The SMILES string of the molecule is Cc1cccc(C(=O)C2CCNC2)c1. The predicted molar refractivity (Wildman–Crippen MR) is 56.5 cm³/mol. The van der Waals surface area contributed by atoms with Crippen LogP contribution in [-0.4, -0.2) is 18.9 Å². The maximum Gasteiger partial charge on any atom is 0.167 e. The van der Waals surface area contributed by atoms with Gasteiger partial charge < -0.3 is 5.32 Å². The van der Waals surface area contributed by atoms with Crippen LogP contribution in [0.25, 0.3) is 0 Å². The molecule has 1 heterocycles. The molecule has 1 aliphatic rings. The lowest BCUT2D eigenvalue weighted by molar-refractivity contribution is 0.0930. The van der Waals surface area contributed by atoms with Crippen molar-refractivity contribution in [1.82, 2.24) is 5.32 Å². The summed E-state index contributed by atoms with van der Waals surface area (Å²) in [5.74, 6) is 0.482. The highest BCUT2D eigenvalue weighted by Crippen LogP contribution is 2.16. The van der Waals surface area contributed by atoms with Crippen LogP contribution in [0.3, 0.4) is 0 Å². The monoisotopic (exact) mass is 189 g/mol. The van der Waals surface area contributed by atoms with E-state index in [0.29, 0.717) is 5.78 Å². The van der Waals surface area contributed by atoms with Crippen molar-refractivity contribution in [3.8, 4) is 0 Å². The molecule has 2 nitrogen and oxygen atoms in total. The summed E-state index contributed by atoms with van der Waals surface area (Å²) < 4.78 is 0. The number of Topliss-reactive ketones (excluding diaryl/α,β-unsaturated/α-hetero) is 1. The van der Waals surface area contributed by atoms with Gasteiger partial charge in [-0.05, 0) is 26.0 Å². The summed E-state index contributed by atoms with van der Waals surface area (Å²) in [7, 11) is 0. The number of rotatable bonds is 2. The Morgan fingerprint density at radius 3 is 3.00 bits per heavy atom. The Balaban J connectivity index is 2.17. The Morgan fingerprint density at radius 1 is 1.50 bits per heavy atom. The van der Waals surface area contributed by atoms with Gasteiger partial charge in [0.1, 0.15) is 0 Å². The molecule has 2 heteroatoms. The Bertz CT molecular complexity index is 340. The number of carbonyl (C=O) groups is 1.